The Labute approximate surface area is 133 Å². The van der Waals surface area contributed by atoms with Crippen LogP contribution in [0.2, 0.25) is 0 Å². The highest BCUT2D eigenvalue weighted by molar-refractivity contribution is 5.96. The number of carbonyl (C=O) groups is 2. The van der Waals surface area contributed by atoms with Gasteiger partial charge in [0.1, 0.15) is 0 Å². The van der Waals surface area contributed by atoms with Crippen molar-refractivity contribution in [2.75, 3.05) is 20.6 Å². The van der Waals surface area contributed by atoms with Gasteiger partial charge < -0.3 is 10.2 Å². The summed E-state index contributed by atoms with van der Waals surface area (Å²) >= 11 is 0. The van der Waals surface area contributed by atoms with Crippen LogP contribution in [0.3, 0.4) is 0 Å². The molecule has 0 heterocycles. The quantitative estimate of drug-likeness (QED) is 0.878. The average Bonchev–Trinajstić information content (AvgIpc) is 2.43. The van der Waals surface area contributed by atoms with E-state index in [0.717, 1.165) is 6.42 Å². The summed E-state index contributed by atoms with van der Waals surface area (Å²) in [6, 6.07) is 5.84. The van der Waals surface area contributed by atoms with Crippen molar-refractivity contribution in [1.29, 1.82) is 0 Å². The Bertz CT molecular complexity index is 534. The van der Waals surface area contributed by atoms with Crippen LogP contribution < -0.4 is 5.32 Å². The molecule has 0 aliphatic rings. The minimum absolute atomic E-state index is 0.0251. The van der Waals surface area contributed by atoms with Crippen molar-refractivity contribution >= 4 is 11.8 Å². The van der Waals surface area contributed by atoms with Gasteiger partial charge in [0.25, 0.3) is 5.91 Å². The Morgan fingerprint density at radius 3 is 2.27 bits per heavy atom. The molecule has 1 aromatic rings. The predicted octanol–water partition coefficient (Wildman–Crippen LogP) is 2.83. The molecule has 0 saturated carbocycles. The van der Waals surface area contributed by atoms with Gasteiger partial charge in [-0.2, -0.15) is 0 Å². The average molecular weight is 304 g/mol. The number of rotatable bonds is 6. The summed E-state index contributed by atoms with van der Waals surface area (Å²) in [6.45, 7) is 8.69. The van der Waals surface area contributed by atoms with E-state index in [1.54, 1.807) is 14.1 Å². The molecule has 0 radical (unpaired) electrons. The lowest BCUT2D eigenvalue weighted by atomic mass is 9.90. The molecule has 4 nitrogen and oxygen atoms in total. The molecule has 1 rings (SSSR count). The van der Waals surface area contributed by atoms with E-state index >= 15 is 0 Å². The highest BCUT2D eigenvalue weighted by Crippen LogP contribution is 2.23. The highest BCUT2D eigenvalue weighted by atomic mass is 16.2. The Hall–Kier alpha value is -1.84. The molecule has 2 amide bonds. The summed E-state index contributed by atoms with van der Waals surface area (Å²) in [5.74, 6) is 0.650. The van der Waals surface area contributed by atoms with Gasteiger partial charge in [0.2, 0.25) is 5.91 Å². The number of nitrogens with one attached hydrogen (secondary N) is 1. The Morgan fingerprint density at radius 1 is 1.14 bits per heavy atom. The number of hydrogen-bond donors (Lipinski definition) is 1. The normalized spacial score (nSPS) is 10.9. The summed E-state index contributed by atoms with van der Waals surface area (Å²) in [5, 5.41) is 2.68. The van der Waals surface area contributed by atoms with Gasteiger partial charge >= 0.3 is 0 Å². The molecule has 0 aliphatic heterocycles. The molecule has 0 fully saturated rings. The van der Waals surface area contributed by atoms with Crippen molar-refractivity contribution in [1.82, 2.24) is 10.2 Å². The van der Waals surface area contributed by atoms with Gasteiger partial charge in [-0.15, -0.1) is 0 Å². The number of amides is 2. The van der Waals surface area contributed by atoms with Crippen molar-refractivity contribution in [2.24, 2.45) is 5.92 Å². The number of carbonyl (C=O) groups excluding carboxylic acids is 2. The summed E-state index contributed by atoms with van der Waals surface area (Å²) in [6.07, 6.45) is 0.950. The van der Waals surface area contributed by atoms with Crippen LogP contribution in [0, 0.1) is 5.92 Å². The van der Waals surface area contributed by atoms with E-state index < -0.39 is 0 Å². The zero-order valence-electron chi connectivity index (χ0n) is 14.6. The Morgan fingerprint density at radius 2 is 1.77 bits per heavy atom. The maximum Gasteiger partial charge on any atom is 0.251 e. The number of benzene rings is 1. The van der Waals surface area contributed by atoms with Crippen LogP contribution in [-0.2, 0) is 11.2 Å². The molecule has 1 aromatic carbocycles. The van der Waals surface area contributed by atoms with Crippen LogP contribution in [0.15, 0.2) is 18.2 Å². The van der Waals surface area contributed by atoms with Crippen molar-refractivity contribution < 1.29 is 9.59 Å². The van der Waals surface area contributed by atoms with Crippen LogP contribution in [0.4, 0.5) is 0 Å². The lowest BCUT2D eigenvalue weighted by Crippen LogP contribution is -2.36. The molecular weight excluding hydrogens is 276 g/mol. The minimum Gasteiger partial charge on any atom is -0.347 e. The third-order valence-corrected chi connectivity index (χ3v) is 3.55. The Balaban J connectivity index is 2.91. The highest BCUT2D eigenvalue weighted by Gasteiger charge is 2.14. The maximum atomic E-state index is 12.2. The smallest absolute Gasteiger partial charge is 0.251 e. The molecule has 122 valence electrons. The topological polar surface area (TPSA) is 49.4 Å². The van der Waals surface area contributed by atoms with Gasteiger partial charge in [0, 0.05) is 19.7 Å². The molecule has 0 aliphatic carbocycles. The Kier molecular flexibility index (Phi) is 6.60. The first kappa shape index (κ1) is 18.2. The molecule has 4 heteroatoms. The summed E-state index contributed by atoms with van der Waals surface area (Å²) < 4.78 is 0. The molecular formula is C18H28N2O2. The van der Waals surface area contributed by atoms with E-state index in [1.165, 1.54) is 16.0 Å². The fourth-order valence-electron chi connectivity index (χ4n) is 2.34. The lowest BCUT2D eigenvalue weighted by Gasteiger charge is -2.16. The zero-order valence-corrected chi connectivity index (χ0v) is 14.6. The van der Waals surface area contributed by atoms with Crippen LogP contribution >= 0.6 is 0 Å². The van der Waals surface area contributed by atoms with Crippen LogP contribution in [0.25, 0.3) is 0 Å². The molecule has 22 heavy (non-hydrogen) atoms. The molecule has 0 bridgehead atoms. The number of likely N-dealkylation sites (N-methyl/N-ethyl adjacent to an activating group) is 1. The van der Waals surface area contributed by atoms with E-state index in [9.17, 15) is 9.59 Å². The SMILES string of the molecule is CC(C)Cc1cc(C(=O)NCC(=O)N(C)C)ccc1C(C)C. The van der Waals surface area contributed by atoms with Crippen molar-refractivity contribution in [2.45, 2.75) is 40.0 Å². The van der Waals surface area contributed by atoms with Crippen LogP contribution in [-0.4, -0.2) is 37.4 Å². The fourth-order valence-corrected chi connectivity index (χ4v) is 2.34. The van der Waals surface area contributed by atoms with Gasteiger partial charge in [-0.05, 0) is 41.5 Å². The standard InChI is InChI=1S/C18H28N2O2/c1-12(2)9-15-10-14(7-8-16(15)13(3)4)18(22)19-11-17(21)20(5)6/h7-8,10,12-13H,9,11H2,1-6H3,(H,19,22). The number of nitrogens with zero attached hydrogens (tertiary/aromatic N) is 1. The fraction of sp³-hybridized carbons (Fsp3) is 0.556. The third-order valence-electron chi connectivity index (χ3n) is 3.55. The van der Waals surface area contributed by atoms with Crippen molar-refractivity contribution in [3.63, 3.8) is 0 Å². The first-order chi connectivity index (χ1) is 10.2. The summed E-state index contributed by atoms with van der Waals surface area (Å²) in [5.41, 5.74) is 3.12. The monoisotopic (exact) mass is 304 g/mol. The van der Waals surface area contributed by atoms with E-state index in [1.807, 2.05) is 18.2 Å². The molecule has 0 aromatic heterocycles. The first-order valence-corrected chi connectivity index (χ1v) is 7.83. The van der Waals surface area contributed by atoms with E-state index in [-0.39, 0.29) is 18.4 Å². The van der Waals surface area contributed by atoms with Crippen molar-refractivity contribution in [3.05, 3.63) is 34.9 Å². The van der Waals surface area contributed by atoms with E-state index in [4.69, 9.17) is 0 Å². The molecule has 0 atom stereocenters. The summed E-state index contributed by atoms with van der Waals surface area (Å²) in [4.78, 5) is 25.2. The van der Waals surface area contributed by atoms with Crippen LogP contribution in [0.5, 0.6) is 0 Å². The van der Waals surface area contributed by atoms with Gasteiger partial charge in [0.15, 0.2) is 0 Å². The molecule has 0 unspecified atom stereocenters. The van der Waals surface area contributed by atoms with Crippen molar-refractivity contribution in [3.8, 4) is 0 Å². The number of hydrogen-bond acceptors (Lipinski definition) is 2. The third kappa shape index (κ3) is 5.17. The zero-order chi connectivity index (χ0) is 16.9. The first-order valence-electron chi connectivity index (χ1n) is 7.83. The maximum absolute atomic E-state index is 12.2. The molecule has 0 spiro atoms. The largest absolute Gasteiger partial charge is 0.347 e. The predicted molar refractivity (Wildman–Crippen MR) is 90.1 cm³/mol. The molecule has 0 saturated heterocycles. The van der Waals surface area contributed by atoms with Gasteiger partial charge in [-0.25, -0.2) is 0 Å². The van der Waals surface area contributed by atoms with Gasteiger partial charge in [-0.1, -0.05) is 33.8 Å². The second-order valence-corrected chi connectivity index (χ2v) is 6.64. The molecule has 1 N–H and O–H groups in total. The summed E-state index contributed by atoms with van der Waals surface area (Å²) in [7, 11) is 3.35. The minimum atomic E-state index is -0.199. The van der Waals surface area contributed by atoms with Crippen LogP contribution in [0.1, 0.15) is 55.1 Å². The van der Waals surface area contributed by atoms with Gasteiger partial charge in [0.05, 0.1) is 6.54 Å². The lowest BCUT2D eigenvalue weighted by molar-refractivity contribution is -0.127. The van der Waals surface area contributed by atoms with Gasteiger partial charge in [-0.3, -0.25) is 9.59 Å². The second-order valence-electron chi connectivity index (χ2n) is 6.64. The van der Waals surface area contributed by atoms with E-state index in [2.05, 4.69) is 33.0 Å². The van der Waals surface area contributed by atoms with E-state index in [0.29, 0.717) is 17.4 Å². The second kappa shape index (κ2) is 7.97.